The molecule has 1 saturated carbocycles. The minimum absolute atomic E-state index is 0.0981. The van der Waals surface area contributed by atoms with Crippen molar-refractivity contribution in [2.24, 2.45) is 5.41 Å². The number of carbonyl (C=O) groups excluding carboxylic acids is 2. The molecule has 2 bridgehead atoms. The van der Waals surface area contributed by atoms with Crippen LogP contribution in [-0.2, 0) is 25.7 Å². The van der Waals surface area contributed by atoms with Crippen LogP contribution in [0.3, 0.4) is 0 Å². The van der Waals surface area contributed by atoms with Gasteiger partial charge in [-0.1, -0.05) is 85.8 Å². The maximum Gasteiger partial charge on any atom is 0.407 e. The Bertz CT molecular complexity index is 1440. The zero-order valence-electron chi connectivity index (χ0n) is 23.2. The molecular weight excluding hydrogens is 520 g/mol. The molecule has 0 unspecified atom stereocenters. The van der Waals surface area contributed by atoms with Crippen molar-refractivity contribution in [3.8, 4) is 11.1 Å². The van der Waals surface area contributed by atoms with Crippen LogP contribution in [0.15, 0.2) is 78.9 Å². The van der Waals surface area contributed by atoms with Crippen molar-refractivity contribution in [1.29, 1.82) is 0 Å². The number of aliphatic carboxylic acids is 1. The van der Waals surface area contributed by atoms with Crippen LogP contribution in [0.25, 0.3) is 11.1 Å². The monoisotopic (exact) mass is 554 g/mol. The number of carboxylic acids is 1. The number of hydrogen-bond donors (Lipinski definition) is 2. The van der Waals surface area contributed by atoms with E-state index >= 15 is 0 Å². The second kappa shape index (κ2) is 10.3. The summed E-state index contributed by atoms with van der Waals surface area (Å²) in [6.07, 6.45) is -0.683. The van der Waals surface area contributed by atoms with Crippen molar-refractivity contribution in [2.75, 3.05) is 13.2 Å². The topological polar surface area (TPSA) is 105 Å². The van der Waals surface area contributed by atoms with E-state index in [0.29, 0.717) is 19.4 Å². The van der Waals surface area contributed by atoms with Gasteiger partial charge < -0.3 is 24.8 Å². The third-order valence-electron chi connectivity index (χ3n) is 8.87. The number of alkyl carbamates (subject to hydrolysis) is 1. The number of hydrogen-bond acceptors (Lipinski definition) is 5. The number of carboxylic acid groups (broad SMARTS) is 1. The lowest BCUT2D eigenvalue weighted by atomic mass is 9.63. The van der Waals surface area contributed by atoms with Crippen LogP contribution >= 0.6 is 0 Å². The summed E-state index contributed by atoms with van der Waals surface area (Å²) in [6, 6.07) is 24.5. The average molecular weight is 555 g/mol. The van der Waals surface area contributed by atoms with Crippen LogP contribution < -0.4 is 5.32 Å². The van der Waals surface area contributed by atoms with Gasteiger partial charge in [-0.25, -0.2) is 9.59 Å². The summed E-state index contributed by atoms with van der Waals surface area (Å²) in [7, 11) is 0. The Labute approximate surface area is 239 Å². The van der Waals surface area contributed by atoms with Gasteiger partial charge >= 0.3 is 12.1 Å². The lowest BCUT2D eigenvalue weighted by Gasteiger charge is -2.43. The fourth-order valence-corrected chi connectivity index (χ4v) is 6.96. The van der Waals surface area contributed by atoms with Crippen LogP contribution in [0.1, 0.15) is 49.3 Å². The van der Waals surface area contributed by atoms with Crippen LogP contribution in [0.2, 0.25) is 0 Å². The van der Waals surface area contributed by atoms with Gasteiger partial charge in [0.15, 0.2) is 0 Å². The predicted molar refractivity (Wildman–Crippen MR) is 152 cm³/mol. The first-order valence-electron chi connectivity index (χ1n) is 14.0. The Kier molecular flexibility index (Phi) is 6.82. The average Bonchev–Trinajstić information content (AvgIpc) is 3.57. The number of amides is 2. The van der Waals surface area contributed by atoms with Gasteiger partial charge in [0.2, 0.25) is 5.91 Å². The first-order chi connectivity index (χ1) is 19.7. The van der Waals surface area contributed by atoms with E-state index in [4.69, 9.17) is 9.47 Å². The van der Waals surface area contributed by atoms with E-state index in [9.17, 15) is 19.5 Å². The minimum Gasteiger partial charge on any atom is -0.479 e. The maximum atomic E-state index is 13.9. The largest absolute Gasteiger partial charge is 0.479 e. The molecule has 3 aromatic rings. The summed E-state index contributed by atoms with van der Waals surface area (Å²) < 4.78 is 11.8. The number of rotatable bonds is 9. The SMILES string of the molecule is C[C@H](OCc1ccccc1)[C@@H](NC(=O)OCC1c2ccccc2-c2ccccc21)C(=O)N1CC2(C)CC1(C(=O)O)C2. The summed E-state index contributed by atoms with van der Waals surface area (Å²) in [5.74, 6) is -1.61. The van der Waals surface area contributed by atoms with Gasteiger partial charge in [0, 0.05) is 12.5 Å². The maximum absolute atomic E-state index is 13.9. The predicted octanol–water partition coefficient (Wildman–Crippen LogP) is 4.96. The van der Waals surface area contributed by atoms with Gasteiger partial charge in [0.1, 0.15) is 18.2 Å². The summed E-state index contributed by atoms with van der Waals surface area (Å²) in [6.45, 7) is 4.36. The summed E-state index contributed by atoms with van der Waals surface area (Å²) in [5, 5.41) is 12.8. The molecule has 2 atom stereocenters. The smallest absolute Gasteiger partial charge is 0.407 e. The van der Waals surface area contributed by atoms with Crippen molar-refractivity contribution < 1.29 is 29.0 Å². The molecule has 0 spiro atoms. The second-order valence-electron chi connectivity index (χ2n) is 11.9. The van der Waals surface area contributed by atoms with Gasteiger partial charge in [-0.3, -0.25) is 4.79 Å². The number of carbonyl (C=O) groups is 3. The highest BCUT2D eigenvalue weighted by Gasteiger charge is 2.69. The molecule has 2 aliphatic heterocycles. The molecule has 2 N–H and O–H groups in total. The molecule has 41 heavy (non-hydrogen) atoms. The standard InChI is InChI=1S/C33H34N2O6/c1-21(40-16-22-10-4-3-5-11-22)28(29(36)35-20-32(2)18-33(35,19-32)30(37)38)34-31(39)41-17-27-25-14-8-6-12-23(25)24-13-7-9-15-26(24)27/h3-15,21,27-28H,16-20H2,1-2H3,(H,34,39)(H,37,38)/t21-,28+,32?,33?/m0/s1. The third kappa shape index (κ3) is 4.76. The van der Waals surface area contributed by atoms with Gasteiger partial charge in [-0.2, -0.15) is 0 Å². The van der Waals surface area contributed by atoms with Gasteiger partial charge in [-0.05, 0) is 53.0 Å². The molecule has 4 aliphatic rings. The number of ether oxygens (including phenoxy) is 2. The van der Waals surface area contributed by atoms with E-state index in [1.807, 2.05) is 73.7 Å². The Morgan fingerprint density at radius 3 is 2.15 bits per heavy atom. The van der Waals surface area contributed by atoms with Crippen molar-refractivity contribution in [2.45, 2.75) is 56.9 Å². The van der Waals surface area contributed by atoms with Crippen LogP contribution in [0.5, 0.6) is 0 Å². The Morgan fingerprint density at radius 2 is 1.54 bits per heavy atom. The molecule has 8 heteroatoms. The third-order valence-corrected chi connectivity index (χ3v) is 8.87. The van der Waals surface area contributed by atoms with Gasteiger partial charge in [0.25, 0.3) is 0 Å². The van der Waals surface area contributed by atoms with Crippen LogP contribution in [0, 0.1) is 5.41 Å². The molecule has 3 aromatic carbocycles. The van der Waals surface area contributed by atoms with E-state index < -0.39 is 35.7 Å². The molecule has 2 amide bonds. The molecule has 0 aromatic heterocycles. The summed E-state index contributed by atoms with van der Waals surface area (Å²) >= 11 is 0. The zero-order chi connectivity index (χ0) is 28.8. The van der Waals surface area contributed by atoms with Crippen molar-refractivity contribution in [3.63, 3.8) is 0 Å². The van der Waals surface area contributed by atoms with Gasteiger partial charge in [-0.15, -0.1) is 0 Å². The number of benzene rings is 3. The highest BCUT2D eigenvalue weighted by Crippen LogP contribution is 2.59. The van der Waals surface area contributed by atoms with E-state index in [1.54, 1.807) is 6.92 Å². The molecule has 0 radical (unpaired) electrons. The van der Waals surface area contributed by atoms with Crippen molar-refractivity contribution in [3.05, 3.63) is 95.6 Å². The first kappa shape index (κ1) is 27.0. The molecule has 2 aliphatic carbocycles. The molecule has 2 heterocycles. The Morgan fingerprint density at radius 1 is 0.951 bits per heavy atom. The Balaban J connectivity index is 1.19. The van der Waals surface area contributed by atoms with Crippen LogP contribution in [-0.4, -0.2) is 58.8 Å². The highest BCUT2D eigenvalue weighted by molar-refractivity contribution is 5.94. The van der Waals surface area contributed by atoms with E-state index in [1.165, 1.54) is 4.90 Å². The van der Waals surface area contributed by atoms with E-state index in [-0.39, 0.29) is 24.5 Å². The number of fused-ring (bicyclic) bond motifs is 4. The molecule has 7 rings (SSSR count). The summed E-state index contributed by atoms with van der Waals surface area (Å²) in [4.78, 5) is 40.8. The molecule has 3 fully saturated rings. The molecule has 212 valence electrons. The minimum atomic E-state index is -1.24. The summed E-state index contributed by atoms with van der Waals surface area (Å²) in [5.41, 5.74) is 3.85. The Hall–Kier alpha value is -4.17. The fourth-order valence-electron chi connectivity index (χ4n) is 6.96. The zero-order valence-corrected chi connectivity index (χ0v) is 23.2. The molecule has 8 nitrogen and oxygen atoms in total. The van der Waals surface area contributed by atoms with Gasteiger partial charge in [0.05, 0.1) is 12.7 Å². The van der Waals surface area contributed by atoms with E-state index in [0.717, 1.165) is 27.8 Å². The second-order valence-corrected chi connectivity index (χ2v) is 11.9. The van der Waals surface area contributed by atoms with Crippen LogP contribution in [0.4, 0.5) is 4.79 Å². The van der Waals surface area contributed by atoms with E-state index in [2.05, 4.69) is 17.4 Å². The lowest BCUT2D eigenvalue weighted by molar-refractivity contribution is -0.161. The normalized spacial score (nSPS) is 23.6. The number of nitrogens with zero attached hydrogens (tertiary/aromatic N) is 1. The quantitative estimate of drug-likeness (QED) is 0.387. The van der Waals surface area contributed by atoms with Crippen molar-refractivity contribution in [1.82, 2.24) is 10.2 Å². The first-order valence-corrected chi connectivity index (χ1v) is 14.0. The fraction of sp³-hybridized carbons (Fsp3) is 0.364. The number of nitrogens with one attached hydrogen (secondary N) is 1. The van der Waals surface area contributed by atoms with Crippen molar-refractivity contribution >= 4 is 18.0 Å². The molecule has 2 saturated heterocycles. The molecular formula is C33H34N2O6. The lowest BCUT2D eigenvalue weighted by Crippen LogP contribution is -2.61. The highest BCUT2D eigenvalue weighted by atomic mass is 16.5.